The molecule has 2 aromatic rings. The summed E-state index contributed by atoms with van der Waals surface area (Å²) in [5.74, 6) is 0.0916. The van der Waals surface area contributed by atoms with Gasteiger partial charge in [0.1, 0.15) is 17.4 Å². The molecule has 0 spiro atoms. The van der Waals surface area contributed by atoms with E-state index in [-0.39, 0.29) is 23.5 Å². The topological polar surface area (TPSA) is 115 Å². The molecule has 0 bridgehead atoms. The minimum atomic E-state index is -1.14. The molecule has 176 valence electrons. The molecule has 1 aliphatic carbocycles. The molecule has 8 heteroatoms. The molecule has 34 heavy (non-hydrogen) atoms. The minimum absolute atomic E-state index is 0.0356. The van der Waals surface area contributed by atoms with Crippen molar-refractivity contribution in [2.45, 2.75) is 37.6 Å². The van der Waals surface area contributed by atoms with Crippen LogP contribution in [0.1, 0.15) is 40.7 Å². The number of hydrogen-bond acceptors (Lipinski definition) is 7. The summed E-state index contributed by atoms with van der Waals surface area (Å²) in [6, 6.07) is 15.3. The van der Waals surface area contributed by atoms with Gasteiger partial charge in [-0.15, -0.1) is 0 Å². The number of ketones is 1. The molecule has 2 aliphatic heterocycles. The first kappa shape index (κ1) is 22.4. The normalized spacial score (nSPS) is 26.8. The Morgan fingerprint density at radius 1 is 1.21 bits per heavy atom. The second-order valence-electron chi connectivity index (χ2n) is 9.37. The lowest BCUT2D eigenvalue weighted by Crippen LogP contribution is -2.57. The zero-order valence-corrected chi connectivity index (χ0v) is 19.1. The fourth-order valence-electron chi connectivity index (χ4n) is 5.92. The second-order valence-corrected chi connectivity index (χ2v) is 9.37. The highest BCUT2D eigenvalue weighted by Crippen LogP contribution is 2.41. The number of hydrogen-bond donors (Lipinski definition) is 3. The number of benzene rings is 2. The van der Waals surface area contributed by atoms with E-state index >= 15 is 0 Å². The molecular formula is C26H28N4O4. The average Bonchev–Trinajstić information content (AvgIpc) is 3.33. The van der Waals surface area contributed by atoms with Crippen molar-refractivity contribution < 1.29 is 19.4 Å². The van der Waals surface area contributed by atoms with Crippen LogP contribution in [0.25, 0.3) is 0 Å². The molecule has 8 nitrogen and oxygen atoms in total. The molecule has 5 rings (SSSR count). The predicted octanol–water partition coefficient (Wildman–Crippen LogP) is 1.96. The van der Waals surface area contributed by atoms with Crippen molar-refractivity contribution in [2.24, 2.45) is 11.8 Å². The Bertz CT molecular complexity index is 1170. The summed E-state index contributed by atoms with van der Waals surface area (Å²) in [6.45, 7) is 1.37. The van der Waals surface area contributed by atoms with E-state index in [1.54, 1.807) is 19.2 Å². The van der Waals surface area contributed by atoms with Crippen LogP contribution < -0.4 is 20.3 Å². The number of methoxy groups -OCH3 is 1. The Hall–Kier alpha value is -3.41. The Kier molecular flexibility index (Phi) is 5.76. The quantitative estimate of drug-likeness (QED) is 0.625. The van der Waals surface area contributed by atoms with Gasteiger partial charge < -0.3 is 20.1 Å². The van der Waals surface area contributed by atoms with Crippen molar-refractivity contribution in [3.63, 3.8) is 0 Å². The average molecular weight is 461 g/mol. The molecule has 2 heterocycles. The van der Waals surface area contributed by atoms with Crippen molar-refractivity contribution in [3.8, 4) is 11.8 Å². The number of nitrogens with one attached hydrogen (secondary N) is 2. The standard InChI is InChI=1S/C26H28N4O4/c1-34-20-6-7-21-17(13-20)12-18(23(21)31)14-26(24(32)28-25(33)29-26)19-8-10-30(11-9-19)22-5-3-2-4-16(22)15-27/h2-7,13,18-19,25,29,33H,8-12,14H2,1H3,(H,28,32). The molecule has 2 saturated heterocycles. The Labute approximate surface area is 198 Å². The van der Waals surface area contributed by atoms with Crippen molar-refractivity contribution in [2.75, 3.05) is 25.1 Å². The minimum Gasteiger partial charge on any atom is -0.497 e. The number of Topliss-reactive ketones (excluding diaryl/α,β-unsaturated/α-hetero) is 1. The van der Waals surface area contributed by atoms with Crippen LogP contribution in [0.4, 0.5) is 5.69 Å². The van der Waals surface area contributed by atoms with E-state index < -0.39 is 11.9 Å². The van der Waals surface area contributed by atoms with Gasteiger partial charge in [0.25, 0.3) is 0 Å². The molecule has 0 saturated carbocycles. The van der Waals surface area contributed by atoms with Gasteiger partial charge in [-0.25, -0.2) is 0 Å². The van der Waals surface area contributed by atoms with E-state index in [2.05, 4.69) is 21.6 Å². The SMILES string of the molecule is COc1ccc2c(c1)CC(CC1(C3CCN(c4ccccc4C#N)CC3)NC(O)NC1=O)C2=O. The van der Waals surface area contributed by atoms with Crippen molar-refractivity contribution in [3.05, 3.63) is 59.2 Å². The van der Waals surface area contributed by atoms with E-state index in [1.165, 1.54) is 0 Å². The molecule has 3 atom stereocenters. The van der Waals surface area contributed by atoms with Gasteiger partial charge >= 0.3 is 0 Å². The van der Waals surface area contributed by atoms with Gasteiger partial charge in [-0.05, 0) is 67.5 Å². The lowest BCUT2D eigenvalue weighted by atomic mass is 9.72. The zero-order chi connectivity index (χ0) is 23.9. The van der Waals surface area contributed by atoms with Crippen LogP contribution in [0.3, 0.4) is 0 Å². The first-order valence-corrected chi connectivity index (χ1v) is 11.7. The van der Waals surface area contributed by atoms with E-state index in [0.717, 1.165) is 11.3 Å². The van der Waals surface area contributed by atoms with Crippen LogP contribution in [0.15, 0.2) is 42.5 Å². The number of nitrogens with zero attached hydrogens (tertiary/aromatic N) is 2. The number of fused-ring (bicyclic) bond motifs is 1. The van der Waals surface area contributed by atoms with E-state index in [9.17, 15) is 20.0 Å². The number of carbonyl (C=O) groups is 2. The van der Waals surface area contributed by atoms with Gasteiger partial charge in [0, 0.05) is 24.6 Å². The van der Waals surface area contributed by atoms with Crippen molar-refractivity contribution in [1.82, 2.24) is 10.6 Å². The molecular weight excluding hydrogens is 432 g/mol. The largest absolute Gasteiger partial charge is 0.497 e. The number of nitriles is 1. The fourth-order valence-corrected chi connectivity index (χ4v) is 5.92. The summed E-state index contributed by atoms with van der Waals surface area (Å²) in [4.78, 5) is 28.6. The summed E-state index contributed by atoms with van der Waals surface area (Å²) in [7, 11) is 1.60. The highest BCUT2D eigenvalue weighted by atomic mass is 16.5. The van der Waals surface area contributed by atoms with Gasteiger partial charge in [-0.3, -0.25) is 14.9 Å². The fraction of sp³-hybridized carbons (Fsp3) is 0.423. The smallest absolute Gasteiger partial charge is 0.243 e. The van der Waals surface area contributed by atoms with Crippen LogP contribution in [0.5, 0.6) is 5.75 Å². The summed E-state index contributed by atoms with van der Waals surface area (Å²) in [5, 5.41) is 25.4. The third-order valence-corrected chi connectivity index (χ3v) is 7.61. The van der Waals surface area contributed by atoms with Crippen LogP contribution >= 0.6 is 0 Å². The van der Waals surface area contributed by atoms with Crippen LogP contribution in [0.2, 0.25) is 0 Å². The highest BCUT2D eigenvalue weighted by molar-refractivity contribution is 6.03. The molecule has 3 unspecified atom stereocenters. The zero-order valence-electron chi connectivity index (χ0n) is 19.1. The van der Waals surface area contributed by atoms with E-state index in [0.29, 0.717) is 55.6 Å². The van der Waals surface area contributed by atoms with Crippen LogP contribution in [-0.4, -0.2) is 48.9 Å². The highest BCUT2D eigenvalue weighted by Gasteiger charge is 2.54. The van der Waals surface area contributed by atoms with Gasteiger partial charge in [0.2, 0.25) is 5.91 Å². The lowest BCUT2D eigenvalue weighted by molar-refractivity contribution is -0.127. The molecule has 3 aliphatic rings. The summed E-state index contributed by atoms with van der Waals surface area (Å²) in [5.41, 5.74) is 2.13. The number of aliphatic hydroxyl groups excluding tert-OH is 1. The monoisotopic (exact) mass is 460 g/mol. The molecule has 0 radical (unpaired) electrons. The number of para-hydroxylation sites is 1. The number of aliphatic hydroxyl groups is 1. The van der Waals surface area contributed by atoms with E-state index in [4.69, 9.17) is 4.74 Å². The van der Waals surface area contributed by atoms with Crippen LogP contribution in [-0.2, 0) is 11.2 Å². The maximum atomic E-state index is 13.2. The third kappa shape index (κ3) is 3.71. The number of amides is 1. The van der Waals surface area contributed by atoms with Gasteiger partial charge in [0.15, 0.2) is 12.1 Å². The number of carbonyl (C=O) groups excluding carboxylic acids is 2. The number of ether oxygens (including phenoxy) is 1. The Balaban J connectivity index is 1.36. The first-order chi connectivity index (χ1) is 16.4. The maximum Gasteiger partial charge on any atom is 0.243 e. The number of rotatable bonds is 5. The van der Waals surface area contributed by atoms with Crippen molar-refractivity contribution in [1.29, 1.82) is 5.26 Å². The molecule has 0 aromatic heterocycles. The third-order valence-electron chi connectivity index (χ3n) is 7.61. The maximum absolute atomic E-state index is 13.2. The second kappa shape index (κ2) is 8.75. The number of piperidine rings is 1. The lowest BCUT2D eigenvalue weighted by Gasteiger charge is -2.42. The van der Waals surface area contributed by atoms with Gasteiger partial charge in [0.05, 0.1) is 18.4 Å². The van der Waals surface area contributed by atoms with Gasteiger partial charge in [-0.1, -0.05) is 12.1 Å². The Morgan fingerprint density at radius 3 is 2.65 bits per heavy atom. The van der Waals surface area contributed by atoms with Crippen molar-refractivity contribution >= 4 is 17.4 Å². The molecule has 3 N–H and O–H groups in total. The molecule has 1 amide bonds. The molecule has 2 fully saturated rings. The predicted molar refractivity (Wildman–Crippen MR) is 125 cm³/mol. The summed E-state index contributed by atoms with van der Waals surface area (Å²) < 4.78 is 5.31. The first-order valence-electron chi connectivity index (χ1n) is 11.7. The van der Waals surface area contributed by atoms with Crippen LogP contribution in [0, 0.1) is 23.2 Å². The summed E-state index contributed by atoms with van der Waals surface area (Å²) >= 11 is 0. The Morgan fingerprint density at radius 2 is 1.97 bits per heavy atom. The molecule has 2 aromatic carbocycles. The van der Waals surface area contributed by atoms with E-state index in [1.807, 2.05) is 30.3 Å². The number of anilines is 1. The summed E-state index contributed by atoms with van der Waals surface area (Å²) in [6.07, 6.45) is 1.14. The van der Waals surface area contributed by atoms with Gasteiger partial charge in [-0.2, -0.15) is 5.26 Å².